The molecule has 0 saturated carbocycles. The SMILES string of the molecule is CC(CN(N)/C(=C\N)c1ccc(OC(C)(C)CC(C)(C)[NH-])cc1)N1CCc2ccccc21.[Rb+].[Re]. The molecule has 0 aliphatic carbocycles. The van der Waals surface area contributed by atoms with Crippen LogP contribution in [0.5, 0.6) is 5.75 Å². The minimum atomic E-state index is -0.550. The van der Waals surface area contributed by atoms with Gasteiger partial charge in [0.25, 0.3) is 0 Å². The van der Waals surface area contributed by atoms with E-state index in [9.17, 15) is 0 Å². The predicted octanol–water partition coefficient (Wildman–Crippen LogP) is 1.95. The first-order valence-electron chi connectivity index (χ1n) is 11.3. The molecule has 1 aliphatic heterocycles. The number of hydrogen-bond acceptors (Lipinski definition) is 5. The largest absolute Gasteiger partial charge is 1.00 e. The second-order valence-electron chi connectivity index (χ2n) is 10.1. The van der Waals surface area contributed by atoms with Gasteiger partial charge in [0, 0.05) is 50.5 Å². The number of ether oxygens (including phenoxy) is 1. The zero-order valence-electron chi connectivity index (χ0n) is 21.4. The number of hydrazine groups is 1. The van der Waals surface area contributed by atoms with Crippen LogP contribution >= 0.6 is 0 Å². The standard InChI is InChI=1S/C26H38N5O.Rb.Re/c1-19(30-15-14-20-8-6-7-9-23(20)30)17-31(29)24(16-27)21-10-12-22(13-11-21)32-26(4,5)18-25(2,3)28;;/h6-13,16,19,28H,14-15,17-18,27,29H2,1-5H3;;/q-1;+1;/b24-16-;;. The van der Waals surface area contributed by atoms with Crippen LogP contribution in [0.25, 0.3) is 11.4 Å². The number of anilines is 1. The van der Waals surface area contributed by atoms with Gasteiger partial charge in [0.05, 0.1) is 12.2 Å². The molecule has 3 rings (SSSR count). The van der Waals surface area contributed by atoms with E-state index < -0.39 is 11.1 Å². The number of rotatable bonds is 9. The van der Waals surface area contributed by atoms with Gasteiger partial charge < -0.3 is 26.1 Å². The fourth-order valence-corrected chi connectivity index (χ4v) is 4.77. The van der Waals surface area contributed by atoms with Crippen molar-refractivity contribution in [2.24, 2.45) is 11.6 Å². The second kappa shape index (κ2) is 13.4. The molecule has 0 fully saturated rings. The summed E-state index contributed by atoms with van der Waals surface area (Å²) < 4.78 is 6.15. The molecule has 1 aliphatic rings. The average molecular weight is 708 g/mol. The molecule has 2 aromatic carbocycles. The van der Waals surface area contributed by atoms with Gasteiger partial charge in [0.1, 0.15) is 11.4 Å². The molecule has 0 saturated heterocycles. The summed E-state index contributed by atoms with van der Waals surface area (Å²) in [6.45, 7) is 11.7. The van der Waals surface area contributed by atoms with Gasteiger partial charge in [-0.15, -0.1) is 5.54 Å². The number of nitrogens with zero attached hydrogens (tertiary/aromatic N) is 2. The van der Waals surface area contributed by atoms with Gasteiger partial charge >= 0.3 is 58.2 Å². The molecule has 0 bridgehead atoms. The maximum atomic E-state index is 8.15. The fraction of sp³-hybridized carbons (Fsp3) is 0.462. The predicted molar refractivity (Wildman–Crippen MR) is 134 cm³/mol. The van der Waals surface area contributed by atoms with Crippen molar-refractivity contribution in [1.29, 1.82) is 0 Å². The second-order valence-corrected chi connectivity index (χ2v) is 10.1. The Bertz CT molecular complexity index is 943. The van der Waals surface area contributed by atoms with Crippen LogP contribution in [0.4, 0.5) is 5.69 Å². The first-order chi connectivity index (χ1) is 15.0. The number of fused-ring (bicyclic) bond motifs is 1. The van der Waals surface area contributed by atoms with Gasteiger partial charge in [-0.2, -0.15) is 0 Å². The van der Waals surface area contributed by atoms with Crippen molar-refractivity contribution < 1.29 is 83.3 Å². The van der Waals surface area contributed by atoms with Crippen molar-refractivity contribution in [1.82, 2.24) is 5.01 Å². The van der Waals surface area contributed by atoms with E-state index in [0.717, 1.165) is 30.0 Å². The summed E-state index contributed by atoms with van der Waals surface area (Å²) >= 11 is 0. The molecule has 2 aromatic rings. The Hall–Kier alpha value is -0.232. The van der Waals surface area contributed by atoms with E-state index in [1.807, 2.05) is 52.0 Å². The molecule has 1 heterocycles. The summed E-state index contributed by atoms with van der Waals surface area (Å²) in [5, 5.41) is 1.73. The molecule has 5 N–H and O–H groups in total. The summed E-state index contributed by atoms with van der Waals surface area (Å²) in [4.78, 5) is 2.41. The third-order valence-electron chi connectivity index (χ3n) is 5.80. The molecule has 1 radical (unpaired) electrons. The monoisotopic (exact) mass is 708 g/mol. The third-order valence-corrected chi connectivity index (χ3v) is 5.80. The molecule has 6 nitrogen and oxygen atoms in total. The zero-order chi connectivity index (χ0) is 23.5. The third kappa shape index (κ3) is 8.71. The molecule has 34 heavy (non-hydrogen) atoms. The van der Waals surface area contributed by atoms with Crippen molar-refractivity contribution in [3.63, 3.8) is 0 Å². The summed E-state index contributed by atoms with van der Waals surface area (Å²) in [6, 6.07) is 16.6. The molecule has 0 spiro atoms. The quantitative estimate of drug-likeness (QED) is 0.308. The Morgan fingerprint density at radius 1 is 1.15 bits per heavy atom. The number of nitrogens with one attached hydrogen (secondary N) is 1. The molecular weight excluding hydrogens is 670 g/mol. The van der Waals surface area contributed by atoms with Crippen LogP contribution in [-0.2, 0) is 26.8 Å². The Morgan fingerprint density at radius 3 is 2.35 bits per heavy atom. The molecular formula is C26H38N5ORbRe. The van der Waals surface area contributed by atoms with Crippen LogP contribution in [-0.4, -0.2) is 35.3 Å². The van der Waals surface area contributed by atoms with Crippen LogP contribution in [0.15, 0.2) is 54.7 Å². The average Bonchev–Trinajstić information content (AvgIpc) is 3.12. The van der Waals surface area contributed by atoms with E-state index in [4.69, 9.17) is 22.0 Å². The van der Waals surface area contributed by atoms with Gasteiger partial charge in [0.15, 0.2) is 0 Å². The van der Waals surface area contributed by atoms with Crippen molar-refractivity contribution in [3.8, 4) is 5.75 Å². The van der Waals surface area contributed by atoms with Crippen LogP contribution < -0.4 is 79.4 Å². The van der Waals surface area contributed by atoms with Crippen LogP contribution in [0, 0.1) is 0 Å². The number of hydrogen-bond donors (Lipinski definition) is 2. The number of para-hydroxylation sites is 1. The Balaban J connectivity index is 0.00000289. The first kappa shape index (κ1) is 31.8. The Morgan fingerprint density at radius 2 is 1.76 bits per heavy atom. The Labute approximate surface area is 268 Å². The van der Waals surface area contributed by atoms with Gasteiger partial charge in [-0.05, 0) is 69.5 Å². The van der Waals surface area contributed by atoms with Gasteiger partial charge in [-0.25, -0.2) is 5.84 Å². The van der Waals surface area contributed by atoms with Crippen molar-refractivity contribution >= 4 is 11.4 Å². The van der Waals surface area contributed by atoms with E-state index in [1.54, 1.807) is 11.2 Å². The molecule has 1 atom stereocenters. The molecule has 0 aromatic heterocycles. The van der Waals surface area contributed by atoms with Crippen molar-refractivity contribution in [2.75, 3.05) is 18.0 Å². The smallest absolute Gasteiger partial charge is 0.672 e. The van der Waals surface area contributed by atoms with Crippen molar-refractivity contribution in [2.45, 2.75) is 64.6 Å². The summed E-state index contributed by atoms with van der Waals surface area (Å²) in [7, 11) is 0. The van der Waals surface area contributed by atoms with E-state index in [2.05, 4.69) is 36.1 Å². The number of benzene rings is 2. The minimum Gasteiger partial charge on any atom is -0.672 e. The summed E-state index contributed by atoms with van der Waals surface area (Å²) in [5.74, 6) is 7.23. The van der Waals surface area contributed by atoms with Crippen LogP contribution in [0.3, 0.4) is 0 Å². The van der Waals surface area contributed by atoms with Crippen molar-refractivity contribution in [3.05, 3.63) is 71.6 Å². The fourth-order valence-electron chi connectivity index (χ4n) is 4.77. The van der Waals surface area contributed by atoms with Crippen LogP contribution in [0.1, 0.15) is 52.2 Å². The van der Waals surface area contributed by atoms with E-state index in [-0.39, 0.29) is 84.7 Å². The van der Waals surface area contributed by atoms with Gasteiger partial charge in [-0.3, -0.25) is 0 Å². The van der Waals surface area contributed by atoms with E-state index >= 15 is 0 Å². The minimum absolute atomic E-state index is 0. The molecule has 1 unspecified atom stereocenters. The topological polar surface area (TPSA) is 91.5 Å². The van der Waals surface area contributed by atoms with E-state index in [0.29, 0.717) is 13.0 Å². The summed E-state index contributed by atoms with van der Waals surface area (Å²) in [5.41, 5.74) is 17.6. The normalized spacial score (nSPS) is 14.6. The van der Waals surface area contributed by atoms with E-state index in [1.165, 1.54) is 11.3 Å². The number of nitrogens with two attached hydrogens (primary N) is 2. The maximum Gasteiger partial charge on any atom is 1.00 e. The molecule has 0 amide bonds. The van der Waals surface area contributed by atoms with Gasteiger partial charge in [-0.1, -0.05) is 32.0 Å². The zero-order valence-corrected chi connectivity index (χ0v) is 29.1. The Kier molecular flexibility index (Phi) is 12.5. The maximum absolute atomic E-state index is 8.15. The molecule has 8 heteroatoms. The first-order valence-corrected chi connectivity index (χ1v) is 11.3. The van der Waals surface area contributed by atoms with Crippen LogP contribution in [0.2, 0.25) is 0 Å². The van der Waals surface area contributed by atoms with Gasteiger partial charge in [0.2, 0.25) is 0 Å². The molecule has 181 valence electrons. The summed E-state index contributed by atoms with van der Waals surface area (Å²) in [6.07, 6.45) is 3.26.